The number of benzene rings is 3. The van der Waals surface area contributed by atoms with Crippen LogP contribution in [0.4, 0.5) is 0 Å². The molecule has 0 bridgehead atoms. The van der Waals surface area contributed by atoms with Gasteiger partial charge in [0.15, 0.2) is 0 Å². The van der Waals surface area contributed by atoms with Crippen LogP contribution in [-0.4, -0.2) is 4.98 Å². The zero-order valence-electron chi connectivity index (χ0n) is 11.2. The quantitative estimate of drug-likeness (QED) is 0.330. The lowest BCUT2D eigenvalue weighted by Crippen LogP contribution is -1.81. The molecule has 5 aromatic rings. The highest BCUT2D eigenvalue weighted by Crippen LogP contribution is 2.35. The predicted octanol–water partition coefficient (Wildman–Crippen LogP) is 5.76. The molecule has 5 rings (SSSR count). The Labute approximate surface area is 125 Å². The van der Waals surface area contributed by atoms with Crippen LogP contribution in [0, 0.1) is 0 Å². The van der Waals surface area contributed by atoms with Gasteiger partial charge in [-0.3, -0.25) is 0 Å². The number of hydrogen-bond donors (Lipinski definition) is 0. The minimum Gasteiger partial charge on any atom is -0.246 e. The molecule has 0 aliphatic carbocycles. The molecule has 0 aliphatic heterocycles. The number of fused-ring (bicyclic) bond motifs is 6. The maximum atomic E-state index is 4.93. The van der Waals surface area contributed by atoms with Gasteiger partial charge in [-0.2, -0.15) is 0 Å². The van der Waals surface area contributed by atoms with Crippen LogP contribution in [0.3, 0.4) is 0 Å². The molecule has 0 radical (unpaired) electrons. The smallest absolute Gasteiger partial charge is 0.0896 e. The van der Waals surface area contributed by atoms with Crippen LogP contribution in [0.1, 0.15) is 0 Å². The van der Waals surface area contributed by atoms with E-state index in [0.717, 1.165) is 11.0 Å². The number of thiophene rings is 1. The Balaban J connectivity index is 2.04. The predicted molar refractivity (Wildman–Crippen MR) is 92.1 cm³/mol. The van der Waals surface area contributed by atoms with Gasteiger partial charge in [-0.25, -0.2) is 4.98 Å². The molecule has 2 heterocycles. The van der Waals surface area contributed by atoms with E-state index in [2.05, 4.69) is 66.7 Å². The van der Waals surface area contributed by atoms with Gasteiger partial charge >= 0.3 is 0 Å². The van der Waals surface area contributed by atoms with Crippen LogP contribution < -0.4 is 0 Å². The Hall–Kier alpha value is -2.45. The minimum atomic E-state index is 1.07. The molecule has 98 valence electrons. The molecular formula is C19H11NS. The zero-order chi connectivity index (χ0) is 13.8. The van der Waals surface area contributed by atoms with Gasteiger partial charge in [-0.05, 0) is 29.0 Å². The molecule has 21 heavy (non-hydrogen) atoms. The van der Waals surface area contributed by atoms with Crippen molar-refractivity contribution in [2.45, 2.75) is 0 Å². The summed E-state index contributed by atoms with van der Waals surface area (Å²) in [5.41, 5.74) is 2.20. The molecule has 0 fully saturated rings. The normalized spacial score (nSPS) is 11.8. The summed E-state index contributed by atoms with van der Waals surface area (Å²) in [5, 5.41) is 5.05. The third kappa shape index (κ3) is 1.54. The van der Waals surface area contributed by atoms with Crippen molar-refractivity contribution in [3.8, 4) is 0 Å². The van der Waals surface area contributed by atoms with Crippen LogP contribution in [0.15, 0.2) is 66.7 Å². The number of pyridine rings is 1. The van der Waals surface area contributed by atoms with E-state index in [-0.39, 0.29) is 0 Å². The number of aromatic nitrogens is 1. The number of hydrogen-bond acceptors (Lipinski definition) is 2. The highest BCUT2D eigenvalue weighted by atomic mass is 32.1. The van der Waals surface area contributed by atoms with E-state index < -0.39 is 0 Å². The molecule has 0 aliphatic rings. The van der Waals surface area contributed by atoms with Crippen LogP contribution in [-0.2, 0) is 0 Å². The van der Waals surface area contributed by atoms with Crippen molar-refractivity contribution in [2.75, 3.05) is 0 Å². The fraction of sp³-hybridized carbons (Fsp3) is 0. The Morgan fingerprint density at radius 1 is 0.667 bits per heavy atom. The monoisotopic (exact) mass is 285 g/mol. The molecule has 0 spiro atoms. The summed E-state index contributed by atoms with van der Waals surface area (Å²) >= 11 is 1.82. The van der Waals surface area contributed by atoms with Crippen molar-refractivity contribution in [2.24, 2.45) is 0 Å². The van der Waals surface area contributed by atoms with E-state index in [1.807, 2.05) is 11.3 Å². The highest BCUT2D eigenvalue weighted by molar-refractivity contribution is 7.25. The van der Waals surface area contributed by atoms with E-state index in [4.69, 9.17) is 4.98 Å². The molecule has 0 saturated heterocycles. The van der Waals surface area contributed by atoms with E-state index in [1.54, 1.807) is 0 Å². The average Bonchev–Trinajstić information content (AvgIpc) is 2.90. The molecule has 0 amide bonds. The van der Waals surface area contributed by atoms with Crippen molar-refractivity contribution in [1.82, 2.24) is 4.98 Å². The van der Waals surface area contributed by atoms with Gasteiger partial charge in [0.05, 0.1) is 15.7 Å². The Kier molecular flexibility index (Phi) is 2.15. The second-order valence-electron chi connectivity index (χ2n) is 5.29. The average molecular weight is 285 g/mol. The van der Waals surface area contributed by atoms with Crippen molar-refractivity contribution in [3.63, 3.8) is 0 Å². The molecule has 2 heteroatoms. The van der Waals surface area contributed by atoms with Crippen LogP contribution >= 0.6 is 11.3 Å². The standard InChI is InChI=1S/C19H11NS/c1-2-6-13-12(5-1)9-10-16-15(13)11-18-19(20-16)14-7-3-4-8-17(14)21-18/h1-11H. The lowest BCUT2D eigenvalue weighted by atomic mass is 10.0. The molecule has 0 atom stereocenters. The zero-order valence-corrected chi connectivity index (χ0v) is 12.0. The lowest BCUT2D eigenvalue weighted by molar-refractivity contribution is 1.54. The molecule has 3 aromatic carbocycles. The van der Waals surface area contributed by atoms with Crippen LogP contribution in [0.25, 0.3) is 42.0 Å². The molecule has 1 nitrogen and oxygen atoms in total. The Bertz CT molecular complexity index is 1140. The number of rotatable bonds is 0. The summed E-state index contributed by atoms with van der Waals surface area (Å²) in [6, 6.07) is 23.6. The summed E-state index contributed by atoms with van der Waals surface area (Å²) < 4.78 is 2.57. The summed E-state index contributed by atoms with van der Waals surface area (Å²) in [6.45, 7) is 0. The van der Waals surface area contributed by atoms with Gasteiger partial charge in [0, 0.05) is 15.5 Å². The number of nitrogens with zero attached hydrogens (tertiary/aromatic N) is 1. The van der Waals surface area contributed by atoms with Crippen molar-refractivity contribution in [1.29, 1.82) is 0 Å². The van der Waals surface area contributed by atoms with Gasteiger partial charge in [0.2, 0.25) is 0 Å². The van der Waals surface area contributed by atoms with Gasteiger partial charge in [0.25, 0.3) is 0 Å². The van der Waals surface area contributed by atoms with Crippen molar-refractivity contribution < 1.29 is 0 Å². The van der Waals surface area contributed by atoms with Crippen LogP contribution in [0.5, 0.6) is 0 Å². The van der Waals surface area contributed by atoms with E-state index in [9.17, 15) is 0 Å². The maximum Gasteiger partial charge on any atom is 0.0896 e. The lowest BCUT2D eigenvalue weighted by Gasteiger charge is -2.03. The third-order valence-electron chi connectivity index (χ3n) is 4.05. The van der Waals surface area contributed by atoms with E-state index in [0.29, 0.717) is 0 Å². The van der Waals surface area contributed by atoms with Gasteiger partial charge in [0.1, 0.15) is 0 Å². The first-order valence-corrected chi connectivity index (χ1v) is 7.81. The molecular weight excluding hydrogens is 274 g/mol. The first-order chi connectivity index (χ1) is 10.4. The van der Waals surface area contributed by atoms with E-state index in [1.165, 1.54) is 30.9 Å². The summed E-state index contributed by atoms with van der Waals surface area (Å²) in [4.78, 5) is 4.93. The maximum absolute atomic E-state index is 4.93. The third-order valence-corrected chi connectivity index (χ3v) is 5.16. The first-order valence-electron chi connectivity index (χ1n) is 7.00. The molecule has 0 saturated carbocycles. The Morgan fingerprint density at radius 3 is 2.43 bits per heavy atom. The largest absolute Gasteiger partial charge is 0.246 e. The van der Waals surface area contributed by atoms with Gasteiger partial charge < -0.3 is 0 Å². The van der Waals surface area contributed by atoms with Gasteiger partial charge in [-0.1, -0.05) is 48.5 Å². The topological polar surface area (TPSA) is 12.9 Å². The fourth-order valence-corrected chi connectivity index (χ4v) is 4.14. The molecule has 0 N–H and O–H groups in total. The Morgan fingerprint density at radius 2 is 1.48 bits per heavy atom. The SMILES string of the molecule is c1ccc2c(c1)ccc1nc3c(cc12)sc1ccccc13. The molecule has 2 aromatic heterocycles. The second-order valence-corrected chi connectivity index (χ2v) is 6.37. The van der Waals surface area contributed by atoms with Crippen molar-refractivity contribution in [3.05, 3.63) is 66.7 Å². The fourth-order valence-electron chi connectivity index (χ4n) is 3.05. The summed E-state index contributed by atoms with van der Waals surface area (Å²) in [6.07, 6.45) is 0. The minimum absolute atomic E-state index is 1.07. The summed E-state index contributed by atoms with van der Waals surface area (Å²) in [5.74, 6) is 0. The van der Waals surface area contributed by atoms with Crippen molar-refractivity contribution >= 4 is 53.3 Å². The van der Waals surface area contributed by atoms with Gasteiger partial charge in [-0.15, -0.1) is 11.3 Å². The first kappa shape index (κ1) is 11.2. The highest BCUT2D eigenvalue weighted by Gasteiger charge is 2.09. The van der Waals surface area contributed by atoms with E-state index >= 15 is 0 Å². The second kappa shape index (κ2) is 4.03. The summed E-state index contributed by atoms with van der Waals surface area (Å²) in [7, 11) is 0. The van der Waals surface area contributed by atoms with Crippen LogP contribution in [0.2, 0.25) is 0 Å². The molecule has 0 unspecified atom stereocenters.